The molecule has 1 amide bonds. The van der Waals surface area contributed by atoms with Crippen molar-refractivity contribution in [3.63, 3.8) is 0 Å². The van der Waals surface area contributed by atoms with Crippen molar-refractivity contribution in [3.05, 3.63) is 11.4 Å². The predicted octanol–water partition coefficient (Wildman–Crippen LogP) is 2.21. The van der Waals surface area contributed by atoms with Crippen molar-refractivity contribution in [1.82, 2.24) is 14.7 Å². The van der Waals surface area contributed by atoms with Crippen molar-refractivity contribution in [2.45, 2.75) is 47.1 Å². The number of anilines is 1. The van der Waals surface area contributed by atoms with Crippen LogP contribution in [0.2, 0.25) is 0 Å². The van der Waals surface area contributed by atoms with Crippen LogP contribution in [0.3, 0.4) is 0 Å². The summed E-state index contributed by atoms with van der Waals surface area (Å²) in [6.07, 6.45) is 2.17. The van der Waals surface area contributed by atoms with E-state index in [1.165, 1.54) is 0 Å². The van der Waals surface area contributed by atoms with Crippen molar-refractivity contribution in [2.24, 2.45) is 5.92 Å². The Morgan fingerprint density at radius 3 is 2.83 bits per heavy atom. The molecule has 0 radical (unpaired) electrons. The Labute approximate surface area is 139 Å². The van der Waals surface area contributed by atoms with Crippen LogP contribution in [-0.4, -0.2) is 53.4 Å². The van der Waals surface area contributed by atoms with E-state index in [1.54, 1.807) is 0 Å². The molecule has 6 heteroatoms. The van der Waals surface area contributed by atoms with Gasteiger partial charge >= 0.3 is 0 Å². The van der Waals surface area contributed by atoms with E-state index in [2.05, 4.69) is 29.2 Å². The number of carbonyl (C=O) groups excluding carboxylic acids is 1. The number of nitrogens with zero attached hydrogens (tertiary/aromatic N) is 3. The number of ether oxygens (including phenoxy) is 1. The average Bonchev–Trinajstić information content (AvgIpc) is 3.06. The SMILES string of the molecule is CCCOC[C@H]1CCN(CC(=O)Nc2c(C)nn(CC)c2C)C1. The van der Waals surface area contributed by atoms with E-state index in [-0.39, 0.29) is 5.91 Å². The van der Waals surface area contributed by atoms with E-state index in [0.29, 0.717) is 12.5 Å². The minimum absolute atomic E-state index is 0.0435. The number of hydrogen-bond donors (Lipinski definition) is 1. The third-order valence-electron chi connectivity index (χ3n) is 4.38. The zero-order valence-corrected chi connectivity index (χ0v) is 14.9. The van der Waals surface area contributed by atoms with Crippen LogP contribution in [-0.2, 0) is 16.1 Å². The fourth-order valence-corrected chi connectivity index (χ4v) is 3.15. The number of aromatic nitrogens is 2. The summed E-state index contributed by atoms with van der Waals surface area (Å²) >= 11 is 0. The molecule has 130 valence electrons. The summed E-state index contributed by atoms with van der Waals surface area (Å²) in [5, 5.41) is 7.47. The van der Waals surface area contributed by atoms with Crippen molar-refractivity contribution < 1.29 is 9.53 Å². The van der Waals surface area contributed by atoms with Gasteiger partial charge in [-0.05, 0) is 46.1 Å². The Kier molecular flexibility index (Phi) is 6.59. The Bertz CT molecular complexity index is 527. The highest BCUT2D eigenvalue weighted by Crippen LogP contribution is 2.20. The molecule has 6 nitrogen and oxygen atoms in total. The van der Waals surface area contributed by atoms with Crippen molar-refractivity contribution >= 4 is 11.6 Å². The lowest BCUT2D eigenvalue weighted by Crippen LogP contribution is -2.32. The number of likely N-dealkylation sites (tertiary alicyclic amines) is 1. The number of aryl methyl sites for hydroxylation is 2. The Morgan fingerprint density at radius 1 is 1.39 bits per heavy atom. The first-order valence-electron chi connectivity index (χ1n) is 8.69. The van der Waals surface area contributed by atoms with Crippen LogP contribution in [0.25, 0.3) is 0 Å². The molecule has 1 aromatic heterocycles. The first-order chi connectivity index (χ1) is 11.0. The number of amides is 1. The minimum atomic E-state index is 0.0435. The molecule has 1 aromatic rings. The third kappa shape index (κ3) is 4.78. The van der Waals surface area contributed by atoms with Crippen LogP contribution >= 0.6 is 0 Å². The fraction of sp³-hybridized carbons (Fsp3) is 0.765. The lowest BCUT2D eigenvalue weighted by Gasteiger charge is -2.16. The summed E-state index contributed by atoms with van der Waals surface area (Å²) in [6, 6.07) is 0. The van der Waals surface area contributed by atoms with Crippen molar-refractivity contribution in [3.8, 4) is 0 Å². The summed E-state index contributed by atoms with van der Waals surface area (Å²) in [4.78, 5) is 14.5. The molecule has 0 aliphatic carbocycles. The molecule has 0 aromatic carbocycles. The maximum Gasteiger partial charge on any atom is 0.238 e. The van der Waals surface area contributed by atoms with Gasteiger partial charge in [0, 0.05) is 19.7 Å². The number of rotatable bonds is 8. The smallest absolute Gasteiger partial charge is 0.238 e. The monoisotopic (exact) mass is 322 g/mol. The quantitative estimate of drug-likeness (QED) is 0.746. The third-order valence-corrected chi connectivity index (χ3v) is 4.38. The van der Waals surface area contributed by atoms with Crippen LogP contribution in [0.15, 0.2) is 0 Å². The van der Waals surface area contributed by atoms with Gasteiger partial charge in [0.1, 0.15) is 0 Å². The van der Waals surface area contributed by atoms with Crippen LogP contribution < -0.4 is 5.32 Å². The Balaban J connectivity index is 1.81. The van der Waals surface area contributed by atoms with Crippen LogP contribution in [0, 0.1) is 19.8 Å². The van der Waals surface area contributed by atoms with Gasteiger partial charge in [-0.3, -0.25) is 14.4 Å². The number of hydrogen-bond acceptors (Lipinski definition) is 4. The second-order valence-corrected chi connectivity index (χ2v) is 6.37. The summed E-state index contributed by atoms with van der Waals surface area (Å²) in [5.74, 6) is 0.600. The maximum atomic E-state index is 12.3. The van der Waals surface area contributed by atoms with Gasteiger partial charge in [0.25, 0.3) is 0 Å². The summed E-state index contributed by atoms with van der Waals surface area (Å²) in [7, 11) is 0. The van der Waals surface area contributed by atoms with E-state index < -0.39 is 0 Å². The topological polar surface area (TPSA) is 59.4 Å². The largest absolute Gasteiger partial charge is 0.381 e. The van der Waals surface area contributed by atoms with Crippen LogP contribution in [0.4, 0.5) is 5.69 Å². The fourth-order valence-electron chi connectivity index (χ4n) is 3.15. The summed E-state index contributed by atoms with van der Waals surface area (Å²) in [6.45, 7) is 12.9. The lowest BCUT2D eigenvalue weighted by molar-refractivity contribution is -0.117. The van der Waals surface area contributed by atoms with Gasteiger partial charge in [-0.15, -0.1) is 0 Å². The molecule has 0 saturated carbocycles. The maximum absolute atomic E-state index is 12.3. The molecule has 1 N–H and O–H groups in total. The summed E-state index contributed by atoms with van der Waals surface area (Å²) < 4.78 is 7.54. The number of nitrogens with one attached hydrogen (secondary N) is 1. The van der Waals surface area contributed by atoms with Gasteiger partial charge < -0.3 is 10.1 Å². The lowest BCUT2D eigenvalue weighted by atomic mass is 10.1. The predicted molar refractivity (Wildman–Crippen MR) is 91.7 cm³/mol. The Hall–Kier alpha value is -1.40. The first kappa shape index (κ1) is 17.9. The normalized spacial score (nSPS) is 18.5. The molecule has 1 aliphatic rings. The molecule has 0 spiro atoms. The molecule has 1 fully saturated rings. The highest BCUT2D eigenvalue weighted by Gasteiger charge is 2.24. The second kappa shape index (κ2) is 8.45. The van der Waals surface area contributed by atoms with Gasteiger partial charge in [0.05, 0.1) is 30.2 Å². The molecule has 23 heavy (non-hydrogen) atoms. The molecular formula is C17H30N4O2. The van der Waals surface area contributed by atoms with E-state index in [9.17, 15) is 4.79 Å². The highest BCUT2D eigenvalue weighted by molar-refractivity contribution is 5.93. The molecule has 1 saturated heterocycles. The Morgan fingerprint density at radius 2 is 2.17 bits per heavy atom. The molecule has 2 rings (SSSR count). The van der Waals surface area contributed by atoms with Gasteiger partial charge in [-0.25, -0.2) is 0 Å². The van der Waals surface area contributed by atoms with Crippen LogP contribution in [0.1, 0.15) is 38.1 Å². The minimum Gasteiger partial charge on any atom is -0.381 e. The highest BCUT2D eigenvalue weighted by atomic mass is 16.5. The van der Waals surface area contributed by atoms with Gasteiger partial charge in [0.15, 0.2) is 0 Å². The summed E-state index contributed by atoms with van der Waals surface area (Å²) in [5.41, 5.74) is 2.76. The molecule has 1 atom stereocenters. The van der Waals surface area contributed by atoms with Gasteiger partial charge in [-0.1, -0.05) is 6.92 Å². The van der Waals surface area contributed by atoms with E-state index >= 15 is 0 Å². The zero-order valence-electron chi connectivity index (χ0n) is 14.9. The van der Waals surface area contributed by atoms with Crippen molar-refractivity contribution in [1.29, 1.82) is 0 Å². The number of carbonyl (C=O) groups is 1. The molecule has 2 heterocycles. The van der Waals surface area contributed by atoms with E-state index in [0.717, 1.165) is 62.8 Å². The molecule has 0 bridgehead atoms. The van der Waals surface area contributed by atoms with E-state index in [4.69, 9.17) is 4.74 Å². The first-order valence-corrected chi connectivity index (χ1v) is 8.69. The van der Waals surface area contributed by atoms with Gasteiger partial charge in [-0.2, -0.15) is 5.10 Å². The standard InChI is InChI=1S/C17H30N4O2/c1-5-9-23-12-15-7-8-20(10-15)11-16(22)18-17-13(3)19-21(6-2)14(17)4/h15H,5-12H2,1-4H3,(H,18,22)/t15-/m0/s1. The molecular weight excluding hydrogens is 292 g/mol. The van der Waals surface area contributed by atoms with E-state index in [1.807, 2.05) is 18.5 Å². The zero-order chi connectivity index (χ0) is 16.8. The van der Waals surface area contributed by atoms with Crippen molar-refractivity contribution in [2.75, 3.05) is 38.2 Å². The molecule has 0 unspecified atom stereocenters. The second-order valence-electron chi connectivity index (χ2n) is 6.37. The molecule has 1 aliphatic heterocycles. The van der Waals surface area contributed by atoms with Crippen LogP contribution in [0.5, 0.6) is 0 Å². The average molecular weight is 322 g/mol. The van der Waals surface area contributed by atoms with Gasteiger partial charge in [0.2, 0.25) is 5.91 Å².